The molecule has 0 aliphatic rings. The van der Waals surface area contributed by atoms with Crippen LogP contribution >= 0.6 is 0 Å². The lowest BCUT2D eigenvalue weighted by Gasteiger charge is -2.26. The van der Waals surface area contributed by atoms with Gasteiger partial charge in [-0.15, -0.1) is 0 Å². The van der Waals surface area contributed by atoms with Gasteiger partial charge in [-0.25, -0.2) is 4.90 Å². The van der Waals surface area contributed by atoms with E-state index in [4.69, 9.17) is 4.74 Å². The van der Waals surface area contributed by atoms with E-state index in [1.165, 1.54) is 4.90 Å². The Balaban J connectivity index is 3.41. The molecule has 0 radical (unpaired) electrons. The first-order chi connectivity index (χ1) is 12.1. The highest BCUT2D eigenvalue weighted by Gasteiger charge is 2.33. The van der Waals surface area contributed by atoms with Crippen molar-refractivity contribution in [1.29, 1.82) is 0 Å². The van der Waals surface area contributed by atoms with E-state index in [2.05, 4.69) is 0 Å². The number of allylic oxidation sites excluding steroid dienone is 1. The molecule has 0 aliphatic heterocycles. The van der Waals surface area contributed by atoms with Crippen LogP contribution in [-0.2, 0) is 19.1 Å². The monoisotopic (exact) mass is 359 g/mol. The topological polar surface area (TPSA) is 63.7 Å². The Hall–Kier alpha value is -2.43. The van der Waals surface area contributed by atoms with Crippen LogP contribution in [0.4, 0.5) is 5.69 Å². The van der Waals surface area contributed by atoms with Gasteiger partial charge in [0, 0.05) is 11.5 Å². The Morgan fingerprint density at radius 2 is 1.58 bits per heavy atom. The third kappa shape index (κ3) is 5.04. The lowest BCUT2D eigenvalue weighted by atomic mass is 9.94. The molecule has 1 unspecified atom stereocenters. The summed E-state index contributed by atoms with van der Waals surface area (Å²) in [6, 6.07) is 7.18. The van der Waals surface area contributed by atoms with Crippen LogP contribution in [0.2, 0.25) is 0 Å². The minimum Gasteiger partial charge on any atom is -0.466 e. The van der Waals surface area contributed by atoms with Crippen molar-refractivity contribution in [3.8, 4) is 0 Å². The number of carbonyl (C=O) groups is 3. The zero-order valence-electron chi connectivity index (χ0n) is 16.8. The van der Waals surface area contributed by atoms with E-state index in [1.54, 1.807) is 53.7 Å². The molecule has 142 valence electrons. The number of hydrogen-bond acceptors (Lipinski definition) is 4. The maximum absolute atomic E-state index is 13.3. The van der Waals surface area contributed by atoms with Gasteiger partial charge in [0.25, 0.3) is 5.91 Å². The Bertz CT molecular complexity index is 697. The van der Waals surface area contributed by atoms with Crippen LogP contribution in [0.5, 0.6) is 0 Å². The fourth-order valence-corrected chi connectivity index (χ4v) is 2.63. The molecule has 0 fully saturated rings. The second-order valence-electron chi connectivity index (χ2n) is 6.86. The van der Waals surface area contributed by atoms with Crippen molar-refractivity contribution in [2.24, 2.45) is 11.8 Å². The normalized spacial score (nSPS) is 11.7. The Morgan fingerprint density at radius 1 is 1.04 bits per heavy atom. The highest BCUT2D eigenvalue weighted by atomic mass is 16.5. The van der Waals surface area contributed by atoms with E-state index >= 15 is 0 Å². The van der Waals surface area contributed by atoms with Crippen molar-refractivity contribution in [1.82, 2.24) is 0 Å². The van der Waals surface area contributed by atoms with E-state index in [1.807, 2.05) is 19.1 Å². The minimum atomic E-state index is -0.750. The summed E-state index contributed by atoms with van der Waals surface area (Å²) in [6.45, 7) is 12.5. The molecule has 0 saturated carbocycles. The van der Waals surface area contributed by atoms with Gasteiger partial charge in [-0.3, -0.25) is 14.4 Å². The van der Waals surface area contributed by atoms with Crippen molar-refractivity contribution in [3.05, 3.63) is 41.0 Å². The molecule has 1 rings (SSSR count). The number of rotatable bonds is 6. The van der Waals surface area contributed by atoms with Crippen LogP contribution in [-0.4, -0.2) is 24.4 Å². The van der Waals surface area contributed by atoms with Crippen LogP contribution < -0.4 is 4.90 Å². The van der Waals surface area contributed by atoms with E-state index < -0.39 is 17.8 Å². The molecule has 0 spiro atoms. The SMILES string of the molecule is CCOC(=O)C(C)C(C(=O)N(C(=O)C(C)C)c1ccc(C)cc1)=C(C)C. The van der Waals surface area contributed by atoms with Gasteiger partial charge in [0.2, 0.25) is 5.91 Å². The number of ether oxygens (including phenoxy) is 1. The number of anilines is 1. The summed E-state index contributed by atoms with van der Waals surface area (Å²) in [4.78, 5) is 39.4. The summed E-state index contributed by atoms with van der Waals surface area (Å²) in [6.07, 6.45) is 0. The van der Waals surface area contributed by atoms with E-state index in [9.17, 15) is 14.4 Å². The van der Waals surface area contributed by atoms with Crippen molar-refractivity contribution < 1.29 is 19.1 Å². The number of aryl methyl sites for hydroxylation is 1. The third-order valence-electron chi connectivity index (χ3n) is 4.05. The molecular weight excluding hydrogens is 330 g/mol. The first kappa shape index (κ1) is 21.6. The summed E-state index contributed by atoms with van der Waals surface area (Å²) in [5.41, 5.74) is 2.50. The number of hydrogen-bond donors (Lipinski definition) is 0. The van der Waals surface area contributed by atoms with Gasteiger partial charge >= 0.3 is 5.97 Å². The first-order valence-corrected chi connectivity index (χ1v) is 8.90. The van der Waals surface area contributed by atoms with Crippen molar-refractivity contribution in [3.63, 3.8) is 0 Å². The van der Waals surface area contributed by atoms with Gasteiger partial charge in [0.1, 0.15) is 0 Å². The predicted octanol–water partition coefficient (Wildman–Crippen LogP) is 4.05. The van der Waals surface area contributed by atoms with Gasteiger partial charge in [0.15, 0.2) is 0 Å². The Morgan fingerprint density at radius 3 is 2.00 bits per heavy atom. The number of carbonyl (C=O) groups excluding carboxylic acids is 3. The largest absolute Gasteiger partial charge is 0.466 e. The summed E-state index contributed by atoms with van der Waals surface area (Å²) < 4.78 is 5.07. The van der Waals surface area contributed by atoms with E-state index in [0.717, 1.165) is 5.56 Å². The van der Waals surface area contributed by atoms with Gasteiger partial charge in [-0.1, -0.05) is 37.1 Å². The maximum Gasteiger partial charge on any atom is 0.313 e. The van der Waals surface area contributed by atoms with E-state index in [0.29, 0.717) is 11.3 Å². The quantitative estimate of drug-likeness (QED) is 0.568. The molecular formula is C21H29NO4. The fourth-order valence-electron chi connectivity index (χ4n) is 2.63. The minimum absolute atomic E-state index is 0.236. The molecule has 1 aromatic carbocycles. The smallest absolute Gasteiger partial charge is 0.313 e. The second kappa shape index (κ2) is 9.32. The number of imide groups is 1. The predicted molar refractivity (Wildman–Crippen MR) is 103 cm³/mol. The maximum atomic E-state index is 13.3. The molecule has 0 aliphatic carbocycles. The molecule has 26 heavy (non-hydrogen) atoms. The highest BCUT2D eigenvalue weighted by Crippen LogP contribution is 2.25. The average molecular weight is 359 g/mol. The van der Waals surface area contributed by atoms with Crippen molar-refractivity contribution in [2.45, 2.75) is 48.5 Å². The lowest BCUT2D eigenvalue weighted by Crippen LogP contribution is -2.42. The zero-order valence-corrected chi connectivity index (χ0v) is 16.8. The highest BCUT2D eigenvalue weighted by molar-refractivity contribution is 6.22. The van der Waals surface area contributed by atoms with E-state index in [-0.39, 0.29) is 24.0 Å². The molecule has 0 heterocycles. The summed E-state index contributed by atoms with van der Waals surface area (Å²) in [7, 11) is 0. The standard InChI is InChI=1S/C21H29NO4/c1-8-26-21(25)16(7)18(13(2)3)20(24)22(19(23)14(4)5)17-11-9-15(6)10-12-17/h9-12,14,16H,8H2,1-7H3. The molecule has 1 aromatic rings. The summed E-state index contributed by atoms with van der Waals surface area (Å²) in [5.74, 6) is -2.38. The summed E-state index contributed by atoms with van der Waals surface area (Å²) >= 11 is 0. The van der Waals surface area contributed by atoms with Crippen LogP contribution in [0.25, 0.3) is 0 Å². The molecule has 0 aromatic heterocycles. The van der Waals surface area contributed by atoms with Gasteiger partial charge < -0.3 is 4.74 Å². The molecule has 0 N–H and O–H groups in total. The van der Waals surface area contributed by atoms with Crippen LogP contribution in [0.1, 0.15) is 47.1 Å². The van der Waals surface area contributed by atoms with Gasteiger partial charge in [-0.05, 0) is 46.8 Å². The third-order valence-corrected chi connectivity index (χ3v) is 4.05. The van der Waals surface area contributed by atoms with Gasteiger partial charge in [0.05, 0.1) is 18.2 Å². The molecule has 5 heteroatoms. The number of nitrogens with zero attached hydrogens (tertiary/aromatic N) is 1. The molecule has 2 amide bonds. The lowest BCUT2D eigenvalue weighted by molar-refractivity contribution is -0.147. The number of amides is 2. The number of benzene rings is 1. The average Bonchev–Trinajstić information content (AvgIpc) is 2.56. The molecule has 1 atom stereocenters. The van der Waals surface area contributed by atoms with Crippen molar-refractivity contribution in [2.75, 3.05) is 11.5 Å². The zero-order chi connectivity index (χ0) is 20.0. The first-order valence-electron chi connectivity index (χ1n) is 8.90. The van der Waals surface area contributed by atoms with Crippen LogP contribution in [0, 0.1) is 18.8 Å². The Kier molecular flexibility index (Phi) is 7.75. The molecule has 0 bridgehead atoms. The molecule has 0 saturated heterocycles. The summed E-state index contributed by atoms with van der Waals surface area (Å²) in [5, 5.41) is 0. The molecule has 5 nitrogen and oxygen atoms in total. The van der Waals surface area contributed by atoms with Crippen LogP contribution in [0.15, 0.2) is 35.4 Å². The second-order valence-corrected chi connectivity index (χ2v) is 6.86. The van der Waals surface area contributed by atoms with Crippen LogP contribution in [0.3, 0.4) is 0 Å². The Labute approximate surface area is 156 Å². The van der Waals surface area contributed by atoms with Gasteiger partial charge in [-0.2, -0.15) is 0 Å². The number of esters is 1. The fraction of sp³-hybridized carbons (Fsp3) is 0.476. The van der Waals surface area contributed by atoms with Crippen molar-refractivity contribution >= 4 is 23.5 Å².